The van der Waals surface area contributed by atoms with Crippen molar-refractivity contribution < 1.29 is 24.9 Å². The molecule has 7 heteroatoms. The first-order valence-electron chi connectivity index (χ1n) is 6.42. The fourth-order valence-electron chi connectivity index (χ4n) is 1.58. The van der Waals surface area contributed by atoms with Gasteiger partial charge in [0.2, 0.25) is 5.91 Å². The third kappa shape index (κ3) is 4.35. The molecule has 0 saturated carbocycles. The number of nitrogens with one attached hydrogen (secondary N) is 1. The molecule has 0 fully saturated rings. The number of carbonyl (C=O) groups excluding carboxylic acids is 1. The van der Waals surface area contributed by atoms with Gasteiger partial charge in [-0.05, 0) is 31.5 Å². The molecule has 0 aromatic heterocycles. The number of nitrogens with two attached hydrogens (primary N) is 1. The van der Waals surface area contributed by atoms with Gasteiger partial charge in [0.25, 0.3) is 0 Å². The molecule has 1 rings (SSSR count). The number of phenols is 2. The van der Waals surface area contributed by atoms with Gasteiger partial charge in [-0.2, -0.15) is 0 Å². The molecule has 0 aliphatic heterocycles. The van der Waals surface area contributed by atoms with E-state index in [0.717, 1.165) is 0 Å². The molecular weight excluding hydrogens is 276 g/mol. The van der Waals surface area contributed by atoms with Crippen LogP contribution in [-0.4, -0.2) is 39.8 Å². The summed E-state index contributed by atoms with van der Waals surface area (Å²) in [4.78, 5) is 23.2. The molecule has 21 heavy (non-hydrogen) atoms. The monoisotopic (exact) mass is 296 g/mol. The Hall–Kier alpha value is -2.28. The Balaban J connectivity index is 2.86. The average Bonchev–Trinajstić information content (AvgIpc) is 2.41. The van der Waals surface area contributed by atoms with Crippen LogP contribution in [0.2, 0.25) is 0 Å². The second-order valence-corrected chi connectivity index (χ2v) is 5.48. The molecule has 0 heterocycles. The van der Waals surface area contributed by atoms with Crippen LogP contribution in [0.15, 0.2) is 18.2 Å². The van der Waals surface area contributed by atoms with E-state index in [0.29, 0.717) is 5.56 Å². The molecule has 1 aromatic rings. The molecule has 0 aliphatic rings. The summed E-state index contributed by atoms with van der Waals surface area (Å²) < 4.78 is 0. The first kappa shape index (κ1) is 16.8. The van der Waals surface area contributed by atoms with Crippen molar-refractivity contribution in [2.45, 2.75) is 26.3 Å². The van der Waals surface area contributed by atoms with E-state index < -0.39 is 23.3 Å². The van der Waals surface area contributed by atoms with Crippen LogP contribution in [0.4, 0.5) is 0 Å². The van der Waals surface area contributed by atoms with Crippen molar-refractivity contribution in [3.05, 3.63) is 23.8 Å². The lowest BCUT2D eigenvalue weighted by atomic mass is 9.92. The molecule has 6 N–H and O–H groups in total. The van der Waals surface area contributed by atoms with E-state index in [9.17, 15) is 24.9 Å². The minimum Gasteiger partial charge on any atom is -0.504 e. The summed E-state index contributed by atoms with van der Waals surface area (Å²) in [6, 6.07) is 2.85. The Morgan fingerprint density at radius 1 is 1.29 bits per heavy atom. The molecule has 1 atom stereocenters. The Kier molecular flexibility index (Phi) is 5.15. The Labute approximate surface area is 122 Å². The minimum absolute atomic E-state index is 0.0183. The number of carbonyl (C=O) groups is 2. The number of benzene rings is 1. The van der Waals surface area contributed by atoms with E-state index in [1.54, 1.807) is 13.8 Å². The van der Waals surface area contributed by atoms with Crippen LogP contribution in [-0.2, 0) is 16.0 Å². The molecule has 0 spiro atoms. The highest BCUT2D eigenvalue weighted by atomic mass is 16.4. The molecule has 0 saturated heterocycles. The molecular formula is C14H20N2O5. The molecule has 0 aliphatic carbocycles. The lowest BCUT2D eigenvalue weighted by molar-refractivity contribution is -0.143. The van der Waals surface area contributed by atoms with Gasteiger partial charge in [-0.15, -0.1) is 0 Å². The van der Waals surface area contributed by atoms with Crippen LogP contribution in [0.25, 0.3) is 0 Å². The number of hydrogen-bond acceptors (Lipinski definition) is 5. The van der Waals surface area contributed by atoms with E-state index in [1.807, 2.05) is 0 Å². The average molecular weight is 296 g/mol. The molecule has 1 amide bonds. The molecule has 7 nitrogen and oxygen atoms in total. The Morgan fingerprint density at radius 3 is 2.38 bits per heavy atom. The van der Waals surface area contributed by atoms with Crippen LogP contribution >= 0.6 is 0 Å². The van der Waals surface area contributed by atoms with Crippen molar-refractivity contribution in [2.75, 3.05) is 6.54 Å². The number of hydrogen-bond donors (Lipinski definition) is 5. The van der Waals surface area contributed by atoms with Crippen LogP contribution in [0.5, 0.6) is 11.5 Å². The number of rotatable bonds is 6. The van der Waals surface area contributed by atoms with Crippen LogP contribution in [0.1, 0.15) is 19.4 Å². The molecule has 0 bridgehead atoms. The van der Waals surface area contributed by atoms with E-state index in [1.165, 1.54) is 18.2 Å². The maximum atomic E-state index is 12.0. The van der Waals surface area contributed by atoms with Gasteiger partial charge in [0.05, 0.1) is 5.41 Å². The molecule has 0 radical (unpaired) electrons. The van der Waals surface area contributed by atoms with Gasteiger partial charge in [0.1, 0.15) is 6.04 Å². The summed E-state index contributed by atoms with van der Waals surface area (Å²) in [6.07, 6.45) is -0.0183. The predicted molar refractivity (Wildman–Crippen MR) is 75.9 cm³/mol. The van der Waals surface area contributed by atoms with Gasteiger partial charge in [0, 0.05) is 13.0 Å². The third-order valence-electron chi connectivity index (χ3n) is 3.21. The summed E-state index contributed by atoms with van der Waals surface area (Å²) in [7, 11) is 0. The number of carboxylic acids is 1. The quantitative estimate of drug-likeness (QED) is 0.476. The molecule has 1 aromatic carbocycles. The minimum atomic E-state index is -1.19. The van der Waals surface area contributed by atoms with E-state index in [4.69, 9.17) is 5.73 Å². The molecule has 0 unspecified atom stereocenters. The SMILES string of the molecule is CC(C)(CN)C(=O)N[C@@H](Cc1ccc(O)c(O)c1)C(=O)O. The van der Waals surface area contributed by atoms with Crippen molar-refractivity contribution in [3.63, 3.8) is 0 Å². The maximum Gasteiger partial charge on any atom is 0.326 e. The first-order chi connectivity index (χ1) is 9.67. The van der Waals surface area contributed by atoms with E-state index in [2.05, 4.69) is 5.32 Å². The summed E-state index contributed by atoms with van der Waals surface area (Å²) in [5.41, 5.74) is 5.08. The lowest BCUT2D eigenvalue weighted by Crippen LogP contribution is -2.49. The number of amides is 1. The Bertz CT molecular complexity index is 542. The van der Waals surface area contributed by atoms with Gasteiger partial charge in [-0.1, -0.05) is 6.07 Å². The summed E-state index contributed by atoms with van der Waals surface area (Å²) in [5.74, 6) is -2.28. The fraction of sp³-hybridized carbons (Fsp3) is 0.429. The zero-order chi connectivity index (χ0) is 16.2. The third-order valence-corrected chi connectivity index (χ3v) is 3.21. The van der Waals surface area contributed by atoms with Gasteiger partial charge in [-0.3, -0.25) is 4.79 Å². The predicted octanol–water partition coefficient (Wildman–Crippen LogP) is 0.195. The zero-order valence-electron chi connectivity index (χ0n) is 12.0. The van der Waals surface area contributed by atoms with Crippen molar-refractivity contribution >= 4 is 11.9 Å². The largest absolute Gasteiger partial charge is 0.504 e. The van der Waals surface area contributed by atoms with Gasteiger partial charge >= 0.3 is 5.97 Å². The summed E-state index contributed by atoms with van der Waals surface area (Å²) in [6.45, 7) is 3.33. The standard InChI is InChI=1S/C14H20N2O5/c1-14(2,7-15)13(21)16-9(12(19)20)5-8-3-4-10(17)11(18)6-8/h3-4,6,9,17-18H,5,7,15H2,1-2H3,(H,16,21)(H,19,20)/t9-/m0/s1. The van der Waals surface area contributed by atoms with Gasteiger partial charge < -0.3 is 26.4 Å². The molecule has 116 valence electrons. The smallest absolute Gasteiger partial charge is 0.326 e. The highest BCUT2D eigenvalue weighted by Crippen LogP contribution is 2.25. The highest BCUT2D eigenvalue weighted by molar-refractivity contribution is 5.87. The second kappa shape index (κ2) is 6.45. The fourth-order valence-corrected chi connectivity index (χ4v) is 1.58. The van der Waals surface area contributed by atoms with Crippen molar-refractivity contribution in [3.8, 4) is 11.5 Å². The number of aliphatic carboxylic acids is 1. The van der Waals surface area contributed by atoms with Crippen LogP contribution in [0.3, 0.4) is 0 Å². The topological polar surface area (TPSA) is 133 Å². The highest BCUT2D eigenvalue weighted by Gasteiger charge is 2.30. The normalized spacial score (nSPS) is 12.7. The van der Waals surface area contributed by atoms with Gasteiger partial charge in [-0.25, -0.2) is 4.79 Å². The second-order valence-electron chi connectivity index (χ2n) is 5.48. The zero-order valence-corrected chi connectivity index (χ0v) is 12.0. The summed E-state index contributed by atoms with van der Waals surface area (Å²) >= 11 is 0. The van der Waals surface area contributed by atoms with Crippen molar-refractivity contribution in [2.24, 2.45) is 11.1 Å². The van der Waals surface area contributed by atoms with E-state index in [-0.39, 0.29) is 24.5 Å². The number of carboxylic acid groups (broad SMARTS) is 1. The summed E-state index contributed by atoms with van der Waals surface area (Å²) in [5, 5.41) is 30.2. The lowest BCUT2D eigenvalue weighted by Gasteiger charge is -2.24. The first-order valence-corrected chi connectivity index (χ1v) is 6.42. The maximum absolute atomic E-state index is 12.0. The van der Waals surface area contributed by atoms with Crippen LogP contribution in [0, 0.1) is 5.41 Å². The number of phenolic OH excluding ortho intramolecular Hbond substituents is 2. The Morgan fingerprint density at radius 2 is 1.90 bits per heavy atom. The van der Waals surface area contributed by atoms with Crippen molar-refractivity contribution in [1.29, 1.82) is 0 Å². The van der Waals surface area contributed by atoms with Crippen molar-refractivity contribution in [1.82, 2.24) is 5.32 Å². The van der Waals surface area contributed by atoms with Gasteiger partial charge in [0.15, 0.2) is 11.5 Å². The number of aromatic hydroxyl groups is 2. The van der Waals surface area contributed by atoms with Crippen LogP contribution < -0.4 is 11.1 Å². The van der Waals surface area contributed by atoms with E-state index >= 15 is 0 Å².